The van der Waals surface area contributed by atoms with Gasteiger partial charge in [0.15, 0.2) is 5.84 Å². The minimum atomic E-state index is -0.659. The monoisotopic (exact) mass is 406 g/mol. The second kappa shape index (κ2) is 10.2. The highest BCUT2D eigenvalue weighted by Crippen LogP contribution is 2.21. The first-order valence-electron chi connectivity index (χ1n) is 9.57. The standard InChI is InChI=1S/C20H30N4O5/c1-14(25)29-23-18(21)17-11-10-16(12-24(17)19(26)28-20(2,3)4)22-27-13-15-8-6-5-7-9-15/h5-9,16-17,22H,10-13H2,1-4H3,(H2,21,23)/t16-,17+/m0/s1. The summed E-state index contributed by atoms with van der Waals surface area (Å²) in [6.07, 6.45) is 0.690. The molecule has 1 fully saturated rings. The first kappa shape index (κ1) is 22.6. The first-order valence-corrected chi connectivity index (χ1v) is 9.57. The molecule has 3 N–H and O–H groups in total. The first-order chi connectivity index (χ1) is 13.7. The summed E-state index contributed by atoms with van der Waals surface area (Å²) in [4.78, 5) is 35.5. The van der Waals surface area contributed by atoms with Crippen LogP contribution in [0.5, 0.6) is 0 Å². The molecule has 1 aromatic rings. The van der Waals surface area contributed by atoms with E-state index >= 15 is 0 Å². The molecule has 29 heavy (non-hydrogen) atoms. The van der Waals surface area contributed by atoms with Gasteiger partial charge in [-0.2, -0.15) is 5.48 Å². The fraction of sp³-hybridized carbons (Fsp3) is 0.550. The quantitative estimate of drug-likeness (QED) is 0.322. The van der Waals surface area contributed by atoms with Crippen LogP contribution in [0.25, 0.3) is 0 Å². The van der Waals surface area contributed by atoms with Crippen LogP contribution in [0, 0.1) is 0 Å². The van der Waals surface area contributed by atoms with E-state index in [0.29, 0.717) is 26.0 Å². The highest BCUT2D eigenvalue weighted by atomic mass is 16.7. The molecule has 0 unspecified atom stereocenters. The topological polar surface area (TPSA) is 115 Å². The Morgan fingerprint density at radius 1 is 1.24 bits per heavy atom. The second-order valence-electron chi connectivity index (χ2n) is 7.91. The van der Waals surface area contributed by atoms with E-state index in [1.54, 1.807) is 20.8 Å². The summed E-state index contributed by atoms with van der Waals surface area (Å²) in [7, 11) is 0. The number of carbonyl (C=O) groups is 2. The van der Waals surface area contributed by atoms with Gasteiger partial charge < -0.3 is 15.3 Å². The van der Waals surface area contributed by atoms with Gasteiger partial charge in [-0.15, -0.1) is 0 Å². The van der Waals surface area contributed by atoms with Crippen LogP contribution in [-0.4, -0.2) is 47.0 Å². The number of nitrogens with two attached hydrogens (primary N) is 1. The molecule has 0 aromatic heterocycles. The van der Waals surface area contributed by atoms with Crippen LogP contribution in [0.4, 0.5) is 4.79 Å². The Labute approximate surface area is 171 Å². The number of rotatable bonds is 6. The summed E-state index contributed by atoms with van der Waals surface area (Å²) in [5.74, 6) is -0.531. The Morgan fingerprint density at radius 3 is 2.55 bits per heavy atom. The molecule has 160 valence electrons. The molecule has 2 rings (SSSR count). The van der Waals surface area contributed by atoms with Crippen LogP contribution in [0.3, 0.4) is 0 Å². The summed E-state index contributed by atoms with van der Waals surface area (Å²) in [5, 5.41) is 3.65. The third-order valence-electron chi connectivity index (χ3n) is 4.16. The fourth-order valence-electron chi connectivity index (χ4n) is 2.89. The van der Waals surface area contributed by atoms with Gasteiger partial charge in [-0.05, 0) is 39.2 Å². The molecule has 0 saturated carbocycles. The van der Waals surface area contributed by atoms with Crippen LogP contribution in [-0.2, 0) is 25.8 Å². The number of amides is 1. The lowest BCUT2D eigenvalue weighted by atomic mass is 9.98. The molecular weight excluding hydrogens is 376 g/mol. The number of ether oxygens (including phenoxy) is 1. The molecule has 9 heteroatoms. The highest BCUT2D eigenvalue weighted by molar-refractivity contribution is 5.89. The zero-order valence-electron chi connectivity index (χ0n) is 17.4. The number of carbonyl (C=O) groups excluding carboxylic acids is 2. The summed E-state index contributed by atoms with van der Waals surface area (Å²) in [5.41, 5.74) is 9.37. The lowest BCUT2D eigenvalue weighted by Gasteiger charge is -2.39. The van der Waals surface area contributed by atoms with Gasteiger partial charge in [0.25, 0.3) is 0 Å². The number of benzene rings is 1. The van der Waals surface area contributed by atoms with Gasteiger partial charge in [0.1, 0.15) is 5.60 Å². The Hall–Kier alpha value is -2.65. The average molecular weight is 406 g/mol. The van der Waals surface area contributed by atoms with Crippen molar-refractivity contribution in [2.45, 2.75) is 64.8 Å². The van der Waals surface area contributed by atoms with Crippen LogP contribution >= 0.6 is 0 Å². The van der Waals surface area contributed by atoms with Crippen LogP contribution in [0.1, 0.15) is 46.1 Å². The summed E-state index contributed by atoms with van der Waals surface area (Å²) in [6, 6.07) is 9.13. The predicted octanol–water partition coefficient (Wildman–Crippen LogP) is 2.31. The van der Waals surface area contributed by atoms with E-state index in [1.807, 2.05) is 30.3 Å². The summed E-state index contributed by atoms with van der Waals surface area (Å²) in [6.45, 7) is 7.32. The maximum Gasteiger partial charge on any atom is 0.410 e. The molecule has 1 aliphatic heterocycles. The van der Waals surface area contributed by atoms with Crippen molar-refractivity contribution in [3.63, 3.8) is 0 Å². The third-order valence-corrected chi connectivity index (χ3v) is 4.16. The third kappa shape index (κ3) is 7.71. The largest absolute Gasteiger partial charge is 0.444 e. The van der Waals surface area contributed by atoms with Gasteiger partial charge in [-0.3, -0.25) is 9.74 Å². The second-order valence-corrected chi connectivity index (χ2v) is 7.91. The summed E-state index contributed by atoms with van der Waals surface area (Å²) >= 11 is 0. The smallest absolute Gasteiger partial charge is 0.410 e. The lowest BCUT2D eigenvalue weighted by Crippen LogP contribution is -2.57. The number of nitrogens with one attached hydrogen (secondary N) is 1. The van der Waals surface area contributed by atoms with E-state index in [0.717, 1.165) is 5.56 Å². The number of likely N-dealkylation sites (tertiary alicyclic amines) is 1. The maximum absolute atomic E-state index is 12.7. The van der Waals surface area contributed by atoms with E-state index < -0.39 is 23.7 Å². The van der Waals surface area contributed by atoms with Crippen molar-refractivity contribution >= 4 is 17.9 Å². The van der Waals surface area contributed by atoms with Gasteiger partial charge in [0.05, 0.1) is 18.7 Å². The van der Waals surface area contributed by atoms with Crippen LogP contribution in [0.2, 0.25) is 0 Å². The van der Waals surface area contributed by atoms with Crippen molar-refractivity contribution in [1.82, 2.24) is 10.4 Å². The Bertz CT molecular complexity index is 717. The Balaban J connectivity index is 2.02. The van der Waals surface area contributed by atoms with Gasteiger partial charge >= 0.3 is 12.1 Å². The van der Waals surface area contributed by atoms with Crippen molar-refractivity contribution in [3.8, 4) is 0 Å². The van der Waals surface area contributed by atoms with Gasteiger partial charge in [-0.1, -0.05) is 35.5 Å². The zero-order valence-corrected chi connectivity index (χ0v) is 17.4. The minimum absolute atomic E-state index is 0.0507. The summed E-state index contributed by atoms with van der Waals surface area (Å²) < 4.78 is 5.51. The minimum Gasteiger partial charge on any atom is -0.444 e. The van der Waals surface area contributed by atoms with E-state index in [-0.39, 0.29) is 11.9 Å². The number of amidine groups is 1. The molecule has 0 spiro atoms. The van der Waals surface area contributed by atoms with Gasteiger partial charge in [-0.25, -0.2) is 9.59 Å². The molecular formula is C20H30N4O5. The molecule has 0 aliphatic carbocycles. The predicted molar refractivity (Wildman–Crippen MR) is 108 cm³/mol. The van der Waals surface area contributed by atoms with Gasteiger partial charge in [0.2, 0.25) is 0 Å². The number of hydrogen-bond acceptors (Lipinski definition) is 7. The molecule has 1 saturated heterocycles. The number of piperidine rings is 1. The Morgan fingerprint density at radius 2 is 1.93 bits per heavy atom. The molecule has 2 atom stereocenters. The van der Waals surface area contributed by atoms with E-state index in [1.165, 1.54) is 11.8 Å². The van der Waals surface area contributed by atoms with Crippen molar-refractivity contribution in [2.75, 3.05) is 6.54 Å². The molecule has 9 nitrogen and oxygen atoms in total. The van der Waals surface area contributed by atoms with Crippen molar-refractivity contribution in [3.05, 3.63) is 35.9 Å². The average Bonchev–Trinajstić information content (AvgIpc) is 2.65. The van der Waals surface area contributed by atoms with Crippen LogP contribution < -0.4 is 11.2 Å². The van der Waals surface area contributed by atoms with E-state index in [9.17, 15) is 9.59 Å². The molecule has 0 radical (unpaired) electrons. The molecule has 1 aromatic carbocycles. The van der Waals surface area contributed by atoms with Gasteiger partial charge in [0, 0.05) is 13.5 Å². The molecule has 0 bridgehead atoms. The van der Waals surface area contributed by atoms with Crippen LogP contribution in [0.15, 0.2) is 35.5 Å². The zero-order chi connectivity index (χ0) is 21.4. The molecule has 1 amide bonds. The molecule has 1 heterocycles. The van der Waals surface area contributed by atoms with Crippen molar-refractivity contribution < 1.29 is 24.0 Å². The lowest BCUT2D eigenvalue weighted by molar-refractivity contribution is -0.141. The highest BCUT2D eigenvalue weighted by Gasteiger charge is 2.37. The fourth-order valence-corrected chi connectivity index (χ4v) is 2.89. The number of hydrogen-bond donors (Lipinski definition) is 2. The van der Waals surface area contributed by atoms with Crippen molar-refractivity contribution in [1.29, 1.82) is 0 Å². The van der Waals surface area contributed by atoms with E-state index in [2.05, 4.69) is 15.5 Å². The number of nitrogens with zero attached hydrogens (tertiary/aromatic N) is 2. The Kier molecular flexibility index (Phi) is 7.98. The normalized spacial score (nSPS) is 20.3. The SMILES string of the molecule is CC(=O)ON=C(N)[C@H]1CC[C@H](NOCc2ccccc2)CN1C(=O)OC(C)(C)C. The number of oxime groups is 1. The number of hydroxylamine groups is 1. The molecule has 1 aliphatic rings. The maximum atomic E-state index is 12.7. The van der Waals surface area contributed by atoms with E-state index in [4.69, 9.17) is 15.3 Å². The van der Waals surface area contributed by atoms with Crippen molar-refractivity contribution in [2.24, 2.45) is 10.9 Å².